The van der Waals surface area contributed by atoms with Crippen LogP contribution in [0.5, 0.6) is 11.5 Å². The fourth-order valence-corrected chi connectivity index (χ4v) is 2.21. The molecule has 5 nitrogen and oxygen atoms in total. The van der Waals surface area contributed by atoms with E-state index in [9.17, 15) is 0 Å². The van der Waals surface area contributed by atoms with E-state index in [4.69, 9.17) is 14.3 Å². The number of ether oxygens (including phenoxy) is 2. The summed E-state index contributed by atoms with van der Waals surface area (Å²) in [6.07, 6.45) is -0.215. The van der Waals surface area contributed by atoms with Gasteiger partial charge in [-0.1, -0.05) is 5.16 Å². The van der Waals surface area contributed by atoms with E-state index in [-0.39, 0.29) is 18.6 Å². The van der Waals surface area contributed by atoms with E-state index in [1.165, 1.54) is 0 Å². The van der Waals surface area contributed by atoms with Gasteiger partial charge in [-0.15, -0.1) is 0 Å². The summed E-state index contributed by atoms with van der Waals surface area (Å²) in [5.74, 6) is 1.54. The van der Waals surface area contributed by atoms with Crippen molar-refractivity contribution < 1.29 is 14.3 Å². The molecule has 1 aromatic rings. The average Bonchev–Trinajstić information content (AvgIpc) is 2.84. The van der Waals surface area contributed by atoms with Gasteiger partial charge in [-0.2, -0.15) is 0 Å². The van der Waals surface area contributed by atoms with Crippen molar-refractivity contribution in [3.05, 3.63) is 23.8 Å². The summed E-state index contributed by atoms with van der Waals surface area (Å²) in [6.45, 7) is 6.53. The summed E-state index contributed by atoms with van der Waals surface area (Å²) in [4.78, 5) is 7.76. The van der Waals surface area contributed by atoms with Crippen LogP contribution in [-0.2, 0) is 4.84 Å². The largest absolute Gasteiger partial charge is 0.454 e. The molecule has 1 atom stereocenters. The number of rotatable bonds is 1. The van der Waals surface area contributed by atoms with Crippen molar-refractivity contribution in [2.75, 3.05) is 13.8 Å². The lowest BCUT2D eigenvalue weighted by Crippen LogP contribution is -2.51. The molecule has 2 heterocycles. The standard InChI is InChI=1S/C14H18N2O3/c1-9-14(2,3)16(4)13(19-15-9)10-5-6-11-12(7-10)18-8-17-11/h5-7,13H,8H2,1-4H3. The molecule has 0 aliphatic carbocycles. The lowest BCUT2D eigenvalue weighted by molar-refractivity contribution is -0.0934. The number of fused-ring (bicyclic) bond motifs is 1. The molecule has 3 rings (SSSR count). The van der Waals surface area contributed by atoms with Crippen molar-refractivity contribution >= 4 is 5.71 Å². The first kappa shape index (κ1) is 12.3. The smallest absolute Gasteiger partial charge is 0.231 e. The van der Waals surface area contributed by atoms with E-state index in [1.54, 1.807) is 0 Å². The van der Waals surface area contributed by atoms with Crippen LogP contribution in [0.1, 0.15) is 32.6 Å². The minimum absolute atomic E-state index is 0.140. The Morgan fingerprint density at radius 2 is 2.00 bits per heavy atom. The lowest BCUT2D eigenvalue weighted by atomic mass is 9.95. The maximum Gasteiger partial charge on any atom is 0.231 e. The number of oxime groups is 1. The first-order chi connectivity index (χ1) is 9.00. The van der Waals surface area contributed by atoms with E-state index in [0.29, 0.717) is 0 Å². The van der Waals surface area contributed by atoms with E-state index in [2.05, 4.69) is 23.9 Å². The van der Waals surface area contributed by atoms with Gasteiger partial charge in [-0.3, -0.25) is 4.90 Å². The van der Waals surface area contributed by atoms with Crippen molar-refractivity contribution in [3.63, 3.8) is 0 Å². The zero-order valence-corrected chi connectivity index (χ0v) is 11.6. The van der Waals surface area contributed by atoms with Crippen LogP contribution >= 0.6 is 0 Å². The second-order valence-electron chi connectivity index (χ2n) is 5.42. The molecule has 5 heteroatoms. The van der Waals surface area contributed by atoms with Gasteiger partial charge in [0.1, 0.15) is 0 Å². The highest BCUT2D eigenvalue weighted by molar-refractivity contribution is 5.90. The normalized spacial score (nSPS) is 24.8. The molecular weight excluding hydrogens is 244 g/mol. The Labute approximate surface area is 112 Å². The Bertz CT molecular complexity index is 539. The van der Waals surface area contributed by atoms with Gasteiger partial charge in [0.2, 0.25) is 13.0 Å². The number of nitrogens with zero attached hydrogens (tertiary/aromatic N) is 2. The van der Waals surface area contributed by atoms with Gasteiger partial charge >= 0.3 is 0 Å². The van der Waals surface area contributed by atoms with Crippen LogP contribution in [0.4, 0.5) is 0 Å². The lowest BCUT2D eigenvalue weighted by Gasteiger charge is -2.42. The first-order valence-corrected chi connectivity index (χ1v) is 6.33. The van der Waals surface area contributed by atoms with Gasteiger partial charge < -0.3 is 14.3 Å². The van der Waals surface area contributed by atoms with Gasteiger partial charge in [-0.05, 0) is 46.0 Å². The molecular formula is C14H18N2O3. The molecule has 0 N–H and O–H groups in total. The average molecular weight is 262 g/mol. The molecule has 0 saturated heterocycles. The molecule has 0 amide bonds. The minimum Gasteiger partial charge on any atom is -0.454 e. The topological polar surface area (TPSA) is 43.3 Å². The van der Waals surface area contributed by atoms with Crippen LogP contribution in [0.25, 0.3) is 0 Å². The summed E-state index contributed by atoms with van der Waals surface area (Å²) in [5.41, 5.74) is 1.84. The van der Waals surface area contributed by atoms with Crippen LogP contribution in [-0.4, -0.2) is 30.0 Å². The Hall–Kier alpha value is -1.75. The van der Waals surface area contributed by atoms with Crippen LogP contribution in [0.2, 0.25) is 0 Å². The summed E-state index contributed by atoms with van der Waals surface area (Å²) in [6, 6.07) is 5.85. The molecule has 0 fully saturated rings. The fourth-order valence-electron chi connectivity index (χ4n) is 2.21. The van der Waals surface area contributed by atoms with Crippen LogP contribution in [0.3, 0.4) is 0 Å². The molecule has 0 aromatic heterocycles. The monoisotopic (exact) mass is 262 g/mol. The molecule has 2 aliphatic rings. The quantitative estimate of drug-likeness (QED) is 0.780. The Morgan fingerprint density at radius 1 is 1.26 bits per heavy atom. The SMILES string of the molecule is CC1=NOC(c2ccc3c(c2)OCO3)N(C)C1(C)C. The highest BCUT2D eigenvalue weighted by Crippen LogP contribution is 2.38. The molecule has 102 valence electrons. The third kappa shape index (κ3) is 1.85. The van der Waals surface area contributed by atoms with Crippen LogP contribution < -0.4 is 9.47 Å². The Balaban J connectivity index is 1.95. The second-order valence-corrected chi connectivity index (χ2v) is 5.42. The van der Waals surface area contributed by atoms with Gasteiger partial charge in [0, 0.05) is 5.56 Å². The fraction of sp³-hybridized carbons (Fsp3) is 0.500. The van der Waals surface area contributed by atoms with Gasteiger partial charge in [-0.25, -0.2) is 0 Å². The van der Waals surface area contributed by atoms with E-state index in [0.717, 1.165) is 22.8 Å². The van der Waals surface area contributed by atoms with Crippen LogP contribution in [0.15, 0.2) is 23.4 Å². The third-order valence-electron chi connectivity index (χ3n) is 4.09. The zero-order valence-electron chi connectivity index (χ0n) is 11.6. The van der Waals surface area contributed by atoms with Gasteiger partial charge in [0.05, 0.1) is 11.3 Å². The van der Waals surface area contributed by atoms with Gasteiger partial charge in [0.25, 0.3) is 0 Å². The molecule has 2 aliphatic heterocycles. The molecule has 0 radical (unpaired) electrons. The highest BCUT2D eigenvalue weighted by atomic mass is 16.7. The summed E-state index contributed by atoms with van der Waals surface area (Å²) >= 11 is 0. The summed E-state index contributed by atoms with van der Waals surface area (Å²) in [5, 5.41) is 4.19. The maximum absolute atomic E-state index is 5.60. The Kier molecular flexibility index (Phi) is 2.67. The van der Waals surface area contributed by atoms with E-state index in [1.807, 2.05) is 32.2 Å². The van der Waals surface area contributed by atoms with Crippen molar-refractivity contribution in [1.29, 1.82) is 0 Å². The molecule has 1 unspecified atom stereocenters. The predicted molar refractivity (Wildman–Crippen MR) is 71.3 cm³/mol. The predicted octanol–water partition coefficient (Wildman–Crippen LogP) is 2.53. The van der Waals surface area contributed by atoms with Crippen molar-refractivity contribution in [3.8, 4) is 11.5 Å². The molecule has 19 heavy (non-hydrogen) atoms. The number of benzene rings is 1. The molecule has 0 bridgehead atoms. The summed E-state index contributed by atoms with van der Waals surface area (Å²) < 4.78 is 10.7. The van der Waals surface area contributed by atoms with Gasteiger partial charge in [0.15, 0.2) is 11.5 Å². The molecule has 0 spiro atoms. The van der Waals surface area contributed by atoms with Crippen molar-refractivity contribution in [2.24, 2.45) is 5.16 Å². The third-order valence-corrected chi connectivity index (χ3v) is 4.09. The first-order valence-electron chi connectivity index (χ1n) is 6.33. The van der Waals surface area contributed by atoms with E-state index < -0.39 is 0 Å². The van der Waals surface area contributed by atoms with E-state index >= 15 is 0 Å². The Morgan fingerprint density at radius 3 is 2.79 bits per heavy atom. The summed E-state index contributed by atoms with van der Waals surface area (Å²) in [7, 11) is 2.04. The maximum atomic E-state index is 5.60. The van der Waals surface area contributed by atoms with Crippen molar-refractivity contribution in [2.45, 2.75) is 32.5 Å². The number of hydrogen-bond acceptors (Lipinski definition) is 5. The zero-order chi connectivity index (χ0) is 13.6. The van der Waals surface area contributed by atoms with Crippen LogP contribution in [0, 0.1) is 0 Å². The molecule has 1 aromatic carbocycles. The number of hydrogen-bond donors (Lipinski definition) is 0. The highest BCUT2D eigenvalue weighted by Gasteiger charge is 2.38. The molecule has 0 saturated carbocycles. The van der Waals surface area contributed by atoms with Crippen molar-refractivity contribution in [1.82, 2.24) is 4.90 Å². The second kappa shape index (κ2) is 4.13. The minimum atomic E-state index is -0.215.